The number of furan rings is 1. The lowest BCUT2D eigenvalue weighted by Crippen LogP contribution is -2.36. The molecule has 3 aromatic rings. The van der Waals surface area contributed by atoms with Crippen LogP contribution >= 0.6 is 0 Å². The van der Waals surface area contributed by atoms with Crippen molar-refractivity contribution in [1.29, 1.82) is 0 Å². The van der Waals surface area contributed by atoms with Crippen LogP contribution < -0.4 is 15.4 Å². The molecule has 0 aliphatic carbocycles. The van der Waals surface area contributed by atoms with Crippen molar-refractivity contribution >= 4 is 17.0 Å². The molecule has 2 amide bonds. The Kier molecular flexibility index (Phi) is 5.01. The first-order valence-corrected chi connectivity index (χ1v) is 7.87. The van der Waals surface area contributed by atoms with Crippen molar-refractivity contribution < 1.29 is 13.9 Å². The molecule has 0 atom stereocenters. The highest BCUT2D eigenvalue weighted by Crippen LogP contribution is 2.18. The highest BCUT2D eigenvalue weighted by atomic mass is 16.5. The van der Waals surface area contributed by atoms with Gasteiger partial charge in [0, 0.05) is 11.9 Å². The number of hydrogen-bond donors (Lipinski definition) is 2. The van der Waals surface area contributed by atoms with E-state index in [1.807, 2.05) is 54.6 Å². The fourth-order valence-electron chi connectivity index (χ4n) is 2.57. The van der Waals surface area contributed by atoms with Crippen LogP contribution in [0.15, 0.2) is 59.0 Å². The van der Waals surface area contributed by atoms with E-state index in [9.17, 15) is 4.79 Å². The van der Waals surface area contributed by atoms with Crippen molar-refractivity contribution in [3.8, 4) is 5.75 Å². The number of nitrogens with one attached hydrogen (secondary N) is 2. The van der Waals surface area contributed by atoms with Crippen LogP contribution in [0.5, 0.6) is 5.75 Å². The van der Waals surface area contributed by atoms with Gasteiger partial charge < -0.3 is 19.8 Å². The van der Waals surface area contributed by atoms with E-state index in [1.165, 1.54) is 0 Å². The number of benzene rings is 2. The average molecular weight is 324 g/mol. The molecule has 5 heteroatoms. The van der Waals surface area contributed by atoms with Gasteiger partial charge >= 0.3 is 6.03 Å². The molecule has 0 saturated heterocycles. The summed E-state index contributed by atoms with van der Waals surface area (Å²) >= 11 is 0. The van der Waals surface area contributed by atoms with E-state index in [4.69, 9.17) is 9.15 Å². The number of urea groups is 1. The fraction of sp³-hybridized carbons (Fsp3) is 0.211. The third kappa shape index (κ3) is 3.87. The Morgan fingerprint density at radius 3 is 2.71 bits per heavy atom. The van der Waals surface area contributed by atoms with E-state index in [1.54, 1.807) is 7.11 Å². The fourth-order valence-corrected chi connectivity index (χ4v) is 2.57. The van der Waals surface area contributed by atoms with Crippen molar-refractivity contribution in [1.82, 2.24) is 10.6 Å². The van der Waals surface area contributed by atoms with Crippen LogP contribution in [-0.4, -0.2) is 19.7 Å². The minimum absolute atomic E-state index is 0.217. The molecule has 3 rings (SSSR count). The maximum atomic E-state index is 11.9. The van der Waals surface area contributed by atoms with Gasteiger partial charge in [0.15, 0.2) is 0 Å². The first kappa shape index (κ1) is 15.9. The lowest BCUT2D eigenvalue weighted by atomic mass is 10.1. The van der Waals surface area contributed by atoms with Gasteiger partial charge in [0.2, 0.25) is 0 Å². The van der Waals surface area contributed by atoms with Crippen molar-refractivity contribution in [3.05, 3.63) is 65.9 Å². The smallest absolute Gasteiger partial charge is 0.315 e. The van der Waals surface area contributed by atoms with Crippen LogP contribution in [-0.2, 0) is 13.0 Å². The third-order valence-electron chi connectivity index (χ3n) is 3.77. The molecule has 0 fully saturated rings. The zero-order valence-corrected chi connectivity index (χ0v) is 13.5. The van der Waals surface area contributed by atoms with Gasteiger partial charge in [-0.05, 0) is 30.2 Å². The minimum atomic E-state index is -0.217. The Bertz CT molecular complexity index is 793. The molecule has 0 aliphatic heterocycles. The van der Waals surface area contributed by atoms with E-state index in [0.717, 1.165) is 28.0 Å². The predicted octanol–water partition coefficient (Wildman–Crippen LogP) is 3.48. The summed E-state index contributed by atoms with van der Waals surface area (Å²) in [6.45, 7) is 0.890. The summed E-state index contributed by atoms with van der Waals surface area (Å²) < 4.78 is 11.0. The number of amides is 2. The quantitative estimate of drug-likeness (QED) is 0.729. The van der Waals surface area contributed by atoms with Gasteiger partial charge in [-0.1, -0.05) is 36.4 Å². The van der Waals surface area contributed by atoms with Crippen molar-refractivity contribution in [3.63, 3.8) is 0 Å². The van der Waals surface area contributed by atoms with Crippen LogP contribution in [0.4, 0.5) is 4.79 Å². The van der Waals surface area contributed by atoms with E-state index in [-0.39, 0.29) is 6.03 Å². The molecule has 0 radical (unpaired) electrons. The maximum Gasteiger partial charge on any atom is 0.315 e. The van der Waals surface area contributed by atoms with Crippen LogP contribution in [0.1, 0.15) is 11.3 Å². The number of methoxy groups -OCH3 is 1. The molecule has 24 heavy (non-hydrogen) atoms. The SMILES string of the molecule is COc1ccccc1CCNC(=O)NCc1cc2ccccc2o1. The Morgan fingerprint density at radius 2 is 1.88 bits per heavy atom. The van der Waals surface area contributed by atoms with E-state index in [0.29, 0.717) is 19.5 Å². The predicted molar refractivity (Wildman–Crippen MR) is 93.2 cm³/mol. The van der Waals surface area contributed by atoms with Crippen molar-refractivity contribution in [2.75, 3.05) is 13.7 Å². The largest absolute Gasteiger partial charge is 0.496 e. The average Bonchev–Trinajstić information content (AvgIpc) is 3.03. The van der Waals surface area contributed by atoms with Gasteiger partial charge in [0.25, 0.3) is 0 Å². The molecule has 2 aromatic carbocycles. The molecule has 0 aliphatic rings. The highest BCUT2D eigenvalue weighted by Gasteiger charge is 2.06. The standard InChI is InChI=1S/C19H20N2O3/c1-23-17-8-4-2-6-14(17)10-11-20-19(22)21-13-16-12-15-7-3-5-9-18(15)24-16/h2-9,12H,10-11,13H2,1H3,(H2,20,21,22). The summed E-state index contributed by atoms with van der Waals surface area (Å²) in [5.74, 6) is 1.57. The summed E-state index contributed by atoms with van der Waals surface area (Å²) in [6.07, 6.45) is 0.710. The molecule has 1 aromatic heterocycles. The summed E-state index contributed by atoms with van der Waals surface area (Å²) in [6, 6.07) is 17.3. The van der Waals surface area contributed by atoms with Gasteiger partial charge in [0.1, 0.15) is 17.1 Å². The first-order chi connectivity index (χ1) is 11.8. The zero-order valence-electron chi connectivity index (χ0n) is 13.5. The second-order valence-electron chi connectivity index (χ2n) is 5.42. The molecular formula is C19H20N2O3. The summed E-state index contributed by atoms with van der Waals surface area (Å²) in [7, 11) is 1.65. The van der Waals surface area contributed by atoms with Crippen molar-refractivity contribution in [2.45, 2.75) is 13.0 Å². The molecule has 0 bridgehead atoms. The van der Waals surface area contributed by atoms with Gasteiger partial charge in [-0.25, -0.2) is 4.79 Å². The third-order valence-corrected chi connectivity index (χ3v) is 3.77. The van der Waals surface area contributed by atoms with Crippen LogP contribution in [0.3, 0.4) is 0 Å². The molecule has 0 unspecified atom stereocenters. The second-order valence-corrected chi connectivity index (χ2v) is 5.42. The lowest BCUT2D eigenvalue weighted by molar-refractivity contribution is 0.239. The highest BCUT2D eigenvalue weighted by molar-refractivity contribution is 5.78. The Hall–Kier alpha value is -2.95. The molecule has 1 heterocycles. The Labute approximate surface area is 140 Å². The molecule has 2 N–H and O–H groups in total. The van der Waals surface area contributed by atoms with Crippen LogP contribution in [0.2, 0.25) is 0 Å². The van der Waals surface area contributed by atoms with Crippen molar-refractivity contribution in [2.24, 2.45) is 0 Å². The number of carbonyl (C=O) groups excluding carboxylic acids is 1. The van der Waals surface area contributed by atoms with E-state index in [2.05, 4.69) is 10.6 Å². The first-order valence-electron chi connectivity index (χ1n) is 7.87. The number of ether oxygens (including phenoxy) is 1. The van der Waals surface area contributed by atoms with Gasteiger partial charge in [0.05, 0.1) is 13.7 Å². The maximum absolute atomic E-state index is 11.9. The zero-order chi connectivity index (χ0) is 16.8. The molecular weight excluding hydrogens is 304 g/mol. The summed E-state index contributed by atoms with van der Waals surface area (Å²) in [5, 5.41) is 6.67. The minimum Gasteiger partial charge on any atom is -0.496 e. The van der Waals surface area contributed by atoms with E-state index >= 15 is 0 Å². The number of rotatable bonds is 6. The molecule has 5 nitrogen and oxygen atoms in total. The van der Waals surface area contributed by atoms with E-state index < -0.39 is 0 Å². The Morgan fingerprint density at radius 1 is 1.08 bits per heavy atom. The van der Waals surface area contributed by atoms with Crippen LogP contribution in [0.25, 0.3) is 11.0 Å². The molecule has 0 spiro atoms. The molecule has 0 saturated carbocycles. The number of para-hydroxylation sites is 2. The number of carbonyl (C=O) groups is 1. The summed E-state index contributed by atoms with van der Waals surface area (Å²) in [5.41, 5.74) is 1.89. The summed E-state index contributed by atoms with van der Waals surface area (Å²) in [4.78, 5) is 11.9. The monoisotopic (exact) mass is 324 g/mol. The van der Waals surface area contributed by atoms with Crippen LogP contribution in [0, 0.1) is 0 Å². The Balaban J connectivity index is 1.46. The molecule has 124 valence electrons. The second kappa shape index (κ2) is 7.55. The normalized spacial score (nSPS) is 10.5. The number of fused-ring (bicyclic) bond motifs is 1. The lowest BCUT2D eigenvalue weighted by Gasteiger charge is -2.09. The number of hydrogen-bond acceptors (Lipinski definition) is 3. The van der Waals surface area contributed by atoms with Gasteiger partial charge in [-0.3, -0.25) is 0 Å². The topological polar surface area (TPSA) is 63.5 Å². The van der Waals surface area contributed by atoms with Gasteiger partial charge in [-0.2, -0.15) is 0 Å². The van der Waals surface area contributed by atoms with Gasteiger partial charge in [-0.15, -0.1) is 0 Å².